The van der Waals surface area contributed by atoms with Gasteiger partial charge in [0.05, 0.1) is 11.0 Å². The average molecular weight is 839 g/mol. The quantitative estimate of drug-likeness (QED) is 0.157. The summed E-state index contributed by atoms with van der Waals surface area (Å²) in [5, 5.41) is 2.26. The van der Waals surface area contributed by atoms with Crippen LogP contribution in [0.3, 0.4) is 0 Å². The van der Waals surface area contributed by atoms with Crippen molar-refractivity contribution in [2.24, 2.45) is 0 Å². The first-order valence-electron chi connectivity index (χ1n) is 21.7. The topological polar surface area (TPSA) is 43.6 Å². The molecule has 0 aliphatic heterocycles. The van der Waals surface area contributed by atoms with Gasteiger partial charge in [-0.3, -0.25) is 4.57 Å². The van der Waals surface area contributed by atoms with Crippen molar-refractivity contribution in [1.82, 2.24) is 19.5 Å². The average Bonchev–Trinajstić information content (AvgIpc) is 3.82. The first kappa shape index (κ1) is 39.6. The van der Waals surface area contributed by atoms with Crippen molar-refractivity contribution >= 4 is 21.8 Å². The fraction of sp³-hybridized carbons (Fsp3) is 0.0484. The van der Waals surface area contributed by atoms with E-state index in [4.69, 9.17) is 40.6 Å². The number of rotatable bonds is 6. The third kappa shape index (κ3) is 6.21. The van der Waals surface area contributed by atoms with E-state index >= 15 is 0 Å². The van der Waals surface area contributed by atoms with Gasteiger partial charge in [-0.25, -0.2) is 4.98 Å². The van der Waals surface area contributed by atoms with Crippen LogP contribution < -0.4 is 0 Å². The van der Waals surface area contributed by atoms with Crippen LogP contribution in [0.4, 0.5) is 0 Å². The summed E-state index contributed by atoms with van der Waals surface area (Å²) in [7, 11) is 0. The van der Waals surface area contributed by atoms with Gasteiger partial charge in [-0.05, 0) is 98.1 Å². The minimum atomic E-state index is -0.201. The molecule has 0 saturated carbocycles. The molecular formula is C62H38N4. The van der Waals surface area contributed by atoms with E-state index < -0.39 is 0 Å². The molecule has 0 fully saturated rings. The second kappa shape index (κ2) is 15.6. The van der Waals surface area contributed by atoms with Crippen LogP contribution in [-0.4, -0.2) is 19.5 Å². The van der Waals surface area contributed by atoms with Crippen molar-refractivity contribution in [3.63, 3.8) is 0 Å². The largest absolute Gasteiger partial charge is 0.278 e. The number of hydrogen-bond donors (Lipinski definition) is 0. The van der Waals surface area contributed by atoms with Gasteiger partial charge < -0.3 is 0 Å². The second-order valence-corrected chi connectivity index (χ2v) is 17.0. The van der Waals surface area contributed by atoms with Gasteiger partial charge in [0.15, 0.2) is 11.6 Å². The van der Waals surface area contributed by atoms with Crippen LogP contribution in [0.15, 0.2) is 170 Å². The number of fused-ring (bicyclic) bond motifs is 6. The number of benzene rings is 8. The van der Waals surface area contributed by atoms with Crippen LogP contribution in [-0.2, 0) is 5.41 Å². The van der Waals surface area contributed by atoms with Gasteiger partial charge >= 0.3 is 0 Å². The highest BCUT2D eigenvalue weighted by Gasteiger charge is 2.36. The lowest BCUT2D eigenvalue weighted by molar-refractivity contribution is 0.661. The molecule has 0 radical (unpaired) electrons. The summed E-state index contributed by atoms with van der Waals surface area (Å²) in [6, 6.07) is 58.1. The Hall–Kier alpha value is -9.19. The zero-order valence-corrected chi connectivity index (χ0v) is 36.3. The van der Waals surface area contributed by atoms with Crippen LogP contribution in [0, 0.1) is 49.4 Å². The molecule has 1 aliphatic carbocycles. The maximum absolute atomic E-state index is 6.18. The smallest absolute Gasteiger partial charge is 0.238 e. The maximum Gasteiger partial charge on any atom is 0.238 e. The van der Waals surface area contributed by atoms with Crippen LogP contribution >= 0.6 is 0 Å². The Labute approximate surface area is 384 Å². The van der Waals surface area contributed by atoms with Crippen LogP contribution in [0.5, 0.6) is 0 Å². The van der Waals surface area contributed by atoms with Crippen molar-refractivity contribution in [3.8, 4) is 123 Å². The zero-order valence-electron chi connectivity index (χ0n) is 36.3. The molecule has 0 amide bonds. The minimum Gasteiger partial charge on any atom is -0.278 e. The molecule has 0 spiro atoms. The van der Waals surface area contributed by atoms with Crippen molar-refractivity contribution in [1.29, 1.82) is 0 Å². The lowest BCUT2D eigenvalue weighted by Crippen LogP contribution is -2.15. The van der Waals surface area contributed by atoms with Crippen molar-refractivity contribution < 1.29 is 0 Å². The van der Waals surface area contributed by atoms with E-state index in [0.717, 1.165) is 66.3 Å². The highest BCUT2D eigenvalue weighted by atomic mass is 15.2. The Balaban J connectivity index is 1.15. The molecule has 8 aromatic carbocycles. The Bertz CT molecular complexity index is 3840. The van der Waals surface area contributed by atoms with E-state index in [1.54, 1.807) is 0 Å². The number of para-hydroxylation sites is 1. The molecule has 0 atom stereocenters. The third-order valence-corrected chi connectivity index (χ3v) is 13.0. The number of nitrogens with zero attached hydrogens (tertiary/aromatic N) is 4. The maximum atomic E-state index is 6.18. The van der Waals surface area contributed by atoms with E-state index in [0.29, 0.717) is 39.9 Å². The zero-order chi connectivity index (χ0) is 45.1. The monoisotopic (exact) mass is 838 g/mol. The Morgan fingerprint density at radius 1 is 0.394 bits per heavy atom. The van der Waals surface area contributed by atoms with Gasteiger partial charge in [0.2, 0.25) is 5.95 Å². The van der Waals surface area contributed by atoms with E-state index in [1.165, 1.54) is 22.3 Å². The molecule has 0 saturated heterocycles. The molecule has 10 aromatic rings. The number of hydrogen-bond acceptors (Lipinski definition) is 3. The van der Waals surface area contributed by atoms with E-state index in [9.17, 15) is 0 Å². The summed E-state index contributed by atoms with van der Waals surface area (Å²) in [6.07, 6.45) is 24.2. The van der Waals surface area contributed by atoms with Gasteiger partial charge in [0.1, 0.15) is 0 Å². The number of aromatic nitrogens is 4. The van der Waals surface area contributed by atoms with E-state index in [-0.39, 0.29) is 5.41 Å². The fourth-order valence-electron chi connectivity index (χ4n) is 9.82. The molecule has 4 heteroatoms. The predicted molar refractivity (Wildman–Crippen MR) is 271 cm³/mol. The summed E-state index contributed by atoms with van der Waals surface area (Å²) in [4.78, 5) is 15.8. The van der Waals surface area contributed by atoms with E-state index in [2.05, 4.69) is 127 Å². The molecule has 4 nitrogen and oxygen atoms in total. The summed E-state index contributed by atoms with van der Waals surface area (Å²) in [6.45, 7) is 4.61. The molecule has 0 bridgehead atoms. The molecule has 1 aliphatic rings. The van der Waals surface area contributed by atoms with Crippen molar-refractivity contribution in [3.05, 3.63) is 203 Å². The van der Waals surface area contributed by atoms with Crippen molar-refractivity contribution in [2.75, 3.05) is 0 Å². The first-order valence-corrected chi connectivity index (χ1v) is 21.7. The summed E-state index contributed by atoms with van der Waals surface area (Å²) >= 11 is 0. The van der Waals surface area contributed by atoms with Crippen LogP contribution in [0.2, 0.25) is 0 Å². The van der Waals surface area contributed by atoms with Gasteiger partial charge in [0.25, 0.3) is 0 Å². The van der Waals surface area contributed by atoms with Crippen molar-refractivity contribution in [2.45, 2.75) is 19.3 Å². The van der Waals surface area contributed by atoms with Crippen LogP contribution in [0.25, 0.3) is 95.0 Å². The molecule has 2 aromatic heterocycles. The summed E-state index contributed by atoms with van der Waals surface area (Å²) in [5.41, 5.74) is 16.5. The summed E-state index contributed by atoms with van der Waals surface area (Å²) in [5.74, 6) is 12.9. The van der Waals surface area contributed by atoms with Gasteiger partial charge in [0, 0.05) is 49.6 Å². The predicted octanol–water partition coefficient (Wildman–Crippen LogP) is 13.5. The first-order chi connectivity index (χ1) is 32.3. The molecule has 11 rings (SSSR count). The Morgan fingerprint density at radius 3 is 1.76 bits per heavy atom. The minimum absolute atomic E-state index is 0.201. The van der Waals surface area contributed by atoms with Gasteiger partial charge in [-0.1, -0.05) is 165 Å². The molecular weight excluding hydrogens is 801 g/mol. The fourth-order valence-corrected chi connectivity index (χ4v) is 9.82. The lowest BCUT2D eigenvalue weighted by atomic mass is 9.82. The Kier molecular flexibility index (Phi) is 9.34. The molecule has 0 unspecified atom stereocenters. The molecule has 306 valence electrons. The molecule has 0 N–H and O–H groups in total. The van der Waals surface area contributed by atoms with Crippen LogP contribution in [0.1, 0.15) is 47.2 Å². The molecule has 2 heterocycles. The third-order valence-electron chi connectivity index (χ3n) is 13.0. The highest BCUT2D eigenvalue weighted by Crippen LogP contribution is 2.51. The highest BCUT2D eigenvalue weighted by molar-refractivity contribution is 6.11. The standard InChI is InChI=1S/C62H38N4/c1-7-39-23-19-29-47(45(39)9-3)43-33-34-49(48-30-20-24-40(8-2)46(48)10-4)52(36-43)42-25-18-26-44(35-42)60-63-59(41-21-12-11-13-22-41)64-61(65-60)66-57-32-17-15-28-51(57)54-37-53-50-27-14-16-31-55(50)62(5,6)56(53)38-58(54)66/h1-4,11-38H,5-6H3. The normalized spacial score (nSPS) is 12.2. The summed E-state index contributed by atoms with van der Waals surface area (Å²) < 4.78 is 2.19. The number of terminal acetylenes is 4. The second-order valence-electron chi connectivity index (χ2n) is 17.0. The Morgan fingerprint density at radius 2 is 1.00 bits per heavy atom. The van der Waals surface area contributed by atoms with Gasteiger partial charge in [-0.2, -0.15) is 9.97 Å². The molecule has 66 heavy (non-hydrogen) atoms. The lowest BCUT2D eigenvalue weighted by Gasteiger charge is -2.21. The van der Waals surface area contributed by atoms with Gasteiger partial charge in [-0.15, -0.1) is 25.7 Å². The SMILES string of the molecule is C#Cc1cccc(-c2ccc(-c3cccc(C#C)c3C#C)c(-c3cccc(-c4nc(-c5ccccc5)nc(-n5c6ccccc6c6cc7c(cc65)C(C)(C)c5ccccc5-7)n4)c3)c2)c1C#C. The van der Waals surface area contributed by atoms with E-state index in [1.807, 2.05) is 84.9 Å².